The number of carbonyl (C=O) groups excluding carboxylic acids is 1. The van der Waals surface area contributed by atoms with E-state index in [9.17, 15) is 13.2 Å². The largest absolute Gasteiger partial charge is 0.356 e. The second kappa shape index (κ2) is 9.76. The maximum atomic E-state index is 12.1. The molecule has 5 nitrogen and oxygen atoms in total. The van der Waals surface area contributed by atoms with Gasteiger partial charge in [-0.15, -0.1) is 0 Å². The van der Waals surface area contributed by atoms with Crippen LogP contribution in [0.3, 0.4) is 0 Å². The number of benzene rings is 2. The predicted octanol–water partition coefficient (Wildman–Crippen LogP) is 3.55. The van der Waals surface area contributed by atoms with E-state index in [1.165, 1.54) is 10.6 Å². The fraction of sp³-hybridized carbons (Fsp3) is 0.350. The highest BCUT2D eigenvalue weighted by Gasteiger charge is 2.18. The minimum absolute atomic E-state index is 0.0813. The van der Waals surface area contributed by atoms with Crippen molar-refractivity contribution in [1.82, 2.24) is 5.32 Å². The van der Waals surface area contributed by atoms with Crippen LogP contribution in [0.2, 0.25) is 5.02 Å². The molecule has 0 aliphatic heterocycles. The van der Waals surface area contributed by atoms with E-state index in [0.717, 1.165) is 17.5 Å². The number of nitrogens with zero attached hydrogens (tertiary/aromatic N) is 1. The molecule has 0 bridgehead atoms. The van der Waals surface area contributed by atoms with Crippen molar-refractivity contribution < 1.29 is 13.2 Å². The number of para-hydroxylation sites is 1. The lowest BCUT2D eigenvalue weighted by Gasteiger charge is -2.24. The molecule has 0 radical (unpaired) electrons. The molecule has 0 saturated carbocycles. The van der Waals surface area contributed by atoms with Crippen LogP contribution in [0.5, 0.6) is 0 Å². The van der Waals surface area contributed by atoms with E-state index in [-0.39, 0.29) is 18.9 Å². The van der Waals surface area contributed by atoms with E-state index in [1.54, 1.807) is 6.07 Å². The number of aryl methyl sites for hydroxylation is 1. The van der Waals surface area contributed by atoms with Gasteiger partial charge >= 0.3 is 0 Å². The van der Waals surface area contributed by atoms with Gasteiger partial charge in [0, 0.05) is 24.5 Å². The molecule has 0 fully saturated rings. The Labute approximate surface area is 166 Å². The number of halogens is 1. The molecular weight excluding hydrogens is 384 g/mol. The van der Waals surface area contributed by atoms with Crippen molar-refractivity contribution in [2.45, 2.75) is 26.2 Å². The monoisotopic (exact) mass is 408 g/mol. The van der Waals surface area contributed by atoms with E-state index in [4.69, 9.17) is 11.6 Å². The zero-order valence-electron chi connectivity index (χ0n) is 15.6. The van der Waals surface area contributed by atoms with Crippen LogP contribution in [-0.4, -0.2) is 33.7 Å². The van der Waals surface area contributed by atoms with Crippen molar-refractivity contribution in [3.8, 4) is 0 Å². The van der Waals surface area contributed by atoms with Crippen molar-refractivity contribution in [3.63, 3.8) is 0 Å². The quantitative estimate of drug-likeness (QED) is 0.689. The van der Waals surface area contributed by atoms with Crippen LogP contribution in [0, 0.1) is 6.92 Å². The van der Waals surface area contributed by atoms with E-state index < -0.39 is 10.0 Å². The normalized spacial score (nSPS) is 11.2. The Morgan fingerprint density at radius 1 is 1.11 bits per heavy atom. The molecule has 0 atom stereocenters. The van der Waals surface area contributed by atoms with Crippen LogP contribution in [-0.2, 0) is 21.2 Å². The maximum absolute atomic E-state index is 12.1. The Bertz CT molecular complexity index is 867. The molecule has 0 saturated heterocycles. The van der Waals surface area contributed by atoms with E-state index in [2.05, 4.69) is 5.32 Å². The van der Waals surface area contributed by atoms with Crippen molar-refractivity contribution in [3.05, 3.63) is 64.7 Å². The molecular formula is C20H25ClN2O3S. The number of nitrogens with one attached hydrogen (secondary N) is 1. The summed E-state index contributed by atoms with van der Waals surface area (Å²) in [6.07, 6.45) is 2.64. The molecule has 2 aromatic carbocycles. The molecule has 0 heterocycles. The molecule has 146 valence electrons. The first-order chi connectivity index (χ1) is 12.8. The molecule has 27 heavy (non-hydrogen) atoms. The van der Waals surface area contributed by atoms with Crippen molar-refractivity contribution in [2.75, 3.05) is 23.7 Å². The smallest absolute Gasteiger partial charge is 0.232 e. The highest BCUT2D eigenvalue weighted by Crippen LogP contribution is 2.22. The van der Waals surface area contributed by atoms with Crippen molar-refractivity contribution >= 4 is 33.2 Å². The first kappa shape index (κ1) is 21.3. The van der Waals surface area contributed by atoms with Gasteiger partial charge in [0.05, 0.1) is 11.9 Å². The number of anilines is 1. The van der Waals surface area contributed by atoms with Crippen LogP contribution < -0.4 is 9.62 Å². The molecule has 0 unspecified atom stereocenters. The second-order valence-corrected chi connectivity index (χ2v) is 8.79. The van der Waals surface area contributed by atoms with Gasteiger partial charge in [-0.3, -0.25) is 9.10 Å². The molecule has 7 heteroatoms. The number of hydrogen-bond donors (Lipinski definition) is 1. The van der Waals surface area contributed by atoms with Gasteiger partial charge in [0.2, 0.25) is 15.9 Å². The highest BCUT2D eigenvalue weighted by molar-refractivity contribution is 7.92. The number of hydrogen-bond acceptors (Lipinski definition) is 3. The molecule has 0 spiro atoms. The summed E-state index contributed by atoms with van der Waals surface area (Å²) in [6.45, 7) is 2.68. The van der Waals surface area contributed by atoms with Crippen LogP contribution >= 0.6 is 11.6 Å². The second-order valence-electron chi connectivity index (χ2n) is 6.45. The average molecular weight is 409 g/mol. The number of sulfonamides is 1. The summed E-state index contributed by atoms with van der Waals surface area (Å²) in [7, 11) is -3.40. The first-order valence-electron chi connectivity index (χ1n) is 8.82. The van der Waals surface area contributed by atoms with Crippen LogP contribution in [0.25, 0.3) is 0 Å². The van der Waals surface area contributed by atoms with Crippen molar-refractivity contribution in [2.24, 2.45) is 0 Å². The van der Waals surface area contributed by atoms with Gasteiger partial charge in [-0.1, -0.05) is 41.9 Å². The molecule has 1 N–H and O–H groups in total. The minimum atomic E-state index is -3.40. The highest BCUT2D eigenvalue weighted by atomic mass is 35.5. The van der Waals surface area contributed by atoms with Crippen LogP contribution in [0.4, 0.5) is 5.69 Å². The van der Waals surface area contributed by atoms with Gasteiger partial charge in [-0.2, -0.15) is 0 Å². The third-order valence-corrected chi connectivity index (χ3v) is 5.63. The molecule has 2 aromatic rings. The zero-order valence-corrected chi connectivity index (χ0v) is 17.2. The van der Waals surface area contributed by atoms with Gasteiger partial charge in [0.15, 0.2) is 0 Å². The third-order valence-electron chi connectivity index (χ3n) is 4.20. The Morgan fingerprint density at radius 2 is 1.78 bits per heavy atom. The van der Waals surface area contributed by atoms with Crippen molar-refractivity contribution in [1.29, 1.82) is 0 Å². The van der Waals surface area contributed by atoms with E-state index in [0.29, 0.717) is 23.7 Å². The summed E-state index contributed by atoms with van der Waals surface area (Å²) in [5, 5.41) is 3.56. The van der Waals surface area contributed by atoms with Gasteiger partial charge in [-0.25, -0.2) is 8.42 Å². The molecule has 0 aromatic heterocycles. The predicted molar refractivity (Wildman–Crippen MR) is 111 cm³/mol. The molecule has 0 aliphatic rings. The van der Waals surface area contributed by atoms with Crippen LogP contribution in [0.15, 0.2) is 48.5 Å². The standard InChI is InChI=1S/C20H25ClN2O3S/c1-16-6-3-4-7-19(16)23(27(2,25)26)15-5-8-20(24)22-14-13-17-9-11-18(21)12-10-17/h3-4,6-7,9-12H,5,8,13-15H2,1-2H3,(H,22,24). The maximum Gasteiger partial charge on any atom is 0.232 e. The minimum Gasteiger partial charge on any atom is -0.356 e. The lowest BCUT2D eigenvalue weighted by Crippen LogP contribution is -2.33. The Hall–Kier alpha value is -2.05. The SMILES string of the molecule is Cc1ccccc1N(CCCC(=O)NCCc1ccc(Cl)cc1)S(C)(=O)=O. The van der Waals surface area contributed by atoms with E-state index in [1.807, 2.05) is 49.4 Å². The summed E-state index contributed by atoms with van der Waals surface area (Å²) in [5.41, 5.74) is 2.64. The number of amides is 1. The van der Waals surface area contributed by atoms with Gasteiger partial charge in [0.1, 0.15) is 0 Å². The van der Waals surface area contributed by atoms with E-state index >= 15 is 0 Å². The molecule has 1 amide bonds. The fourth-order valence-corrected chi connectivity index (χ4v) is 3.93. The third kappa shape index (κ3) is 6.88. The average Bonchev–Trinajstić information content (AvgIpc) is 2.60. The molecule has 0 aliphatic carbocycles. The number of carbonyl (C=O) groups is 1. The summed E-state index contributed by atoms with van der Waals surface area (Å²) >= 11 is 5.85. The lowest BCUT2D eigenvalue weighted by atomic mass is 10.1. The zero-order chi connectivity index (χ0) is 19.9. The Kier molecular flexibility index (Phi) is 7.68. The topological polar surface area (TPSA) is 66.5 Å². The van der Waals surface area contributed by atoms with Gasteiger partial charge in [-0.05, 0) is 49.1 Å². The molecule has 2 rings (SSSR count). The van der Waals surface area contributed by atoms with Crippen LogP contribution in [0.1, 0.15) is 24.0 Å². The summed E-state index contributed by atoms with van der Waals surface area (Å²) < 4.78 is 25.6. The Morgan fingerprint density at radius 3 is 2.41 bits per heavy atom. The lowest BCUT2D eigenvalue weighted by molar-refractivity contribution is -0.121. The van der Waals surface area contributed by atoms with Gasteiger partial charge in [0.25, 0.3) is 0 Å². The number of rotatable bonds is 9. The van der Waals surface area contributed by atoms with Gasteiger partial charge < -0.3 is 5.32 Å². The summed E-state index contributed by atoms with van der Waals surface area (Å²) in [4.78, 5) is 12.0. The summed E-state index contributed by atoms with van der Waals surface area (Å²) in [6, 6.07) is 14.8. The fourth-order valence-electron chi connectivity index (χ4n) is 2.78. The first-order valence-corrected chi connectivity index (χ1v) is 11.0. The summed E-state index contributed by atoms with van der Waals surface area (Å²) in [5.74, 6) is -0.0813. The Balaban J connectivity index is 1.81.